The SMILES string of the molecule is CN(C)[C@H]1CN(C2CCc3cccc(F)c32)C[C@@H]1c1nn(C)c2ccccc12. The van der Waals surface area contributed by atoms with Crippen LogP contribution >= 0.6 is 0 Å². The Labute approximate surface area is 165 Å². The van der Waals surface area contributed by atoms with Crippen molar-refractivity contribution in [2.24, 2.45) is 7.05 Å². The number of fused-ring (bicyclic) bond motifs is 2. The molecule has 28 heavy (non-hydrogen) atoms. The Kier molecular flexibility index (Phi) is 4.25. The summed E-state index contributed by atoms with van der Waals surface area (Å²) >= 11 is 0. The molecule has 0 radical (unpaired) electrons. The van der Waals surface area contributed by atoms with Crippen LogP contribution in [0.25, 0.3) is 10.9 Å². The molecule has 3 aromatic rings. The number of nitrogens with zero attached hydrogens (tertiary/aromatic N) is 4. The standard InChI is InChI=1S/C23H27FN4/c1-26(2)21-14-28(20-12-11-15-7-6-9-18(24)22(15)20)13-17(21)23-16-8-4-5-10-19(16)27(3)25-23/h4-10,17,20-21H,11-14H2,1-3H3/t17-,20?,21-/m0/s1. The van der Waals surface area contributed by atoms with Crippen molar-refractivity contribution < 1.29 is 4.39 Å². The van der Waals surface area contributed by atoms with E-state index in [0.717, 1.165) is 31.5 Å². The minimum absolute atomic E-state index is 0.0480. The van der Waals surface area contributed by atoms with E-state index in [4.69, 9.17) is 5.10 Å². The summed E-state index contributed by atoms with van der Waals surface area (Å²) in [6.07, 6.45) is 1.98. The smallest absolute Gasteiger partial charge is 0.128 e. The largest absolute Gasteiger partial charge is 0.304 e. The molecule has 0 bridgehead atoms. The van der Waals surface area contributed by atoms with Crippen LogP contribution in [0.1, 0.15) is 35.2 Å². The second-order valence-electron chi connectivity index (χ2n) is 8.48. The number of benzene rings is 2. The van der Waals surface area contributed by atoms with Gasteiger partial charge in [-0.1, -0.05) is 30.3 Å². The monoisotopic (exact) mass is 378 g/mol. The molecule has 0 spiro atoms. The number of halogens is 1. The minimum Gasteiger partial charge on any atom is -0.304 e. The highest BCUT2D eigenvalue weighted by molar-refractivity contribution is 5.82. The Balaban J connectivity index is 1.52. The molecule has 5 rings (SSSR count). The predicted octanol–water partition coefficient (Wildman–Crippen LogP) is 3.73. The van der Waals surface area contributed by atoms with Gasteiger partial charge in [-0.15, -0.1) is 0 Å². The molecule has 146 valence electrons. The summed E-state index contributed by atoms with van der Waals surface area (Å²) in [5.41, 5.74) is 4.45. The highest BCUT2D eigenvalue weighted by Gasteiger charge is 2.42. The molecular weight excluding hydrogens is 351 g/mol. The van der Waals surface area contributed by atoms with Crippen molar-refractivity contribution in [1.82, 2.24) is 19.6 Å². The molecule has 1 aromatic heterocycles. The first kappa shape index (κ1) is 17.8. The zero-order valence-electron chi connectivity index (χ0n) is 16.8. The average Bonchev–Trinajstić information content (AvgIpc) is 3.37. The van der Waals surface area contributed by atoms with Crippen LogP contribution in [0.15, 0.2) is 42.5 Å². The van der Waals surface area contributed by atoms with E-state index in [0.29, 0.717) is 12.0 Å². The number of hydrogen-bond donors (Lipinski definition) is 0. The molecule has 0 saturated carbocycles. The van der Waals surface area contributed by atoms with Gasteiger partial charge >= 0.3 is 0 Å². The van der Waals surface area contributed by atoms with Crippen LogP contribution < -0.4 is 0 Å². The van der Waals surface area contributed by atoms with Crippen LogP contribution in [0, 0.1) is 5.82 Å². The average molecular weight is 378 g/mol. The van der Waals surface area contributed by atoms with Gasteiger partial charge in [0.1, 0.15) is 5.82 Å². The Morgan fingerprint density at radius 1 is 1.07 bits per heavy atom. The zero-order chi connectivity index (χ0) is 19.4. The third-order valence-electron chi connectivity index (χ3n) is 6.72. The van der Waals surface area contributed by atoms with Crippen LogP contribution in [-0.2, 0) is 13.5 Å². The van der Waals surface area contributed by atoms with Crippen LogP contribution in [0.4, 0.5) is 4.39 Å². The van der Waals surface area contributed by atoms with E-state index in [1.54, 1.807) is 6.07 Å². The molecule has 0 N–H and O–H groups in total. The van der Waals surface area contributed by atoms with E-state index >= 15 is 0 Å². The van der Waals surface area contributed by atoms with Crippen LogP contribution in [-0.4, -0.2) is 52.8 Å². The molecule has 4 nitrogen and oxygen atoms in total. The van der Waals surface area contributed by atoms with Crippen molar-refractivity contribution in [2.45, 2.75) is 30.8 Å². The number of aryl methyl sites for hydroxylation is 2. The normalized spacial score (nSPS) is 25.1. The molecule has 3 atom stereocenters. The second-order valence-corrected chi connectivity index (χ2v) is 8.48. The number of aromatic nitrogens is 2. The molecule has 0 amide bonds. The first-order valence-corrected chi connectivity index (χ1v) is 10.1. The molecule has 1 aliphatic carbocycles. The Morgan fingerprint density at radius 3 is 2.71 bits per heavy atom. The van der Waals surface area contributed by atoms with E-state index in [1.165, 1.54) is 22.2 Å². The minimum atomic E-state index is -0.0480. The quantitative estimate of drug-likeness (QED) is 0.694. The number of hydrogen-bond acceptors (Lipinski definition) is 3. The topological polar surface area (TPSA) is 24.3 Å². The molecule has 2 heterocycles. The van der Waals surface area contributed by atoms with E-state index in [9.17, 15) is 4.39 Å². The predicted molar refractivity (Wildman–Crippen MR) is 110 cm³/mol. The van der Waals surface area contributed by atoms with Gasteiger partial charge in [-0.3, -0.25) is 9.58 Å². The van der Waals surface area contributed by atoms with Gasteiger partial charge in [0.25, 0.3) is 0 Å². The van der Waals surface area contributed by atoms with E-state index in [2.05, 4.69) is 54.2 Å². The van der Waals surface area contributed by atoms with E-state index < -0.39 is 0 Å². The van der Waals surface area contributed by atoms with Crippen LogP contribution in [0.3, 0.4) is 0 Å². The lowest BCUT2D eigenvalue weighted by Crippen LogP contribution is -2.35. The summed E-state index contributed by atoms with van der Waals surface area (Å²) in [6.45, 7) is 1.86. The van der Waals surface area contributed by atoms with Crippen molar-refractivity contribution in [3.05, 3.63) is 65.1 Å². The summed E-state index contributed by atoms with van der Waals surface area (Å²) in [5, 5.41) is 6.15. The van der Waals surface area contributed by atoms with E-state index in [1.807, 2.05) is 17.8 Å². The Bertz CT molecular complexity index is 1020. The zero-order valence-corrected chi connectivity index (χ0v) is 16.8. The highest BCUT2D eigenvalue weighted by atomic mass is 19.1. The Morgan fingerprint density at radius 2 is 1.89 bits per heavy atom. The van der Waals surface area contributed by atoms with Gasteiger partial charge in [0.15, 0.2) is 0 Å². The van der Waals surface area contributed by atoms with Crippen molar-refractivity contribution in [3.8, 4) is 0 Å². The maximum Gasteiger partial charge on any atom is 0.128 e. The summed E-state index contributed by atoms with van der Waals surface area (Å²) in [6, 6.07) is 14.6. The fourth-order valence-corrected chi connectivity index (χ4v) is 5.35. The maximum atomic E-state index is 14.6. The molecule has 1 aliphatic heterocycles. The lowest BCUT2D eigenvalue weighted by atomic mass is 9.96. The number of rotatable bonds is 3. The number of para-hydroxylation sites is 1. The third-order valence-corrected chi connectivity index (χ3v) is 6.72. The first-order valence-electron chi connectivity index (χ1n) is 10.1. The molecule has 1 unspecified atom stereocenters. The van der Waals surface area contributed by atoms with Gasteiger partial charge in [-0.25, -0.2) is 4.39 Å². The third kappa shape index (κ3) is 2.68. The molecule has 1 saturated heterocycles. The number of likely N-dealkylation sites (N-methyl/N-ethyl adjacent to an activating group) is 1. The van der Waals surface area contributed by atoms with Crippen LogP contribution in [0.5, 0.6) is 0 Å². The molecule has 1 fully saturated rings. The van der Waals surface area contributed by atoms with Gasteiger partial charge in [0.05, 0.1) is 11.2 Å². The molecule has 2 aromatic carbocycles. The first-order chi connectivity index (χ1) is 13.5. The fraction of sp³-hybridized carbons (Fsp3) is 0.435. The maximum absolute atomic E-state index is 14.6. The van der Waals surface area contributed by atoms with Gasteiger partial charge in [-0.05, 0) is 44.6 Å². The lowest BCUT2D eigenvalue weighted by molar-refractivity contribution is 0.213. The Hall–Kier alpha value is -2.24. The van der Waals surface area contributed by atoms with Gasteiger partial charge in [-0.2, -0.15) is 5.10 Å². The molecule has 5 heteroatoms. The van der Waals surface area contributed by atoms with Crippen molar-refractivity contribution in [2.75, 3.05) is 27.2 Å². The summed E-state index contributed by atoms with van der Waals surface area (Å²) in [5.74, 6) is 0.269. The molecule has 2 aliphatic rings. The van der Waals surface area contributed by atoms with Gasteiger partial charge < -0.3 is 4.90 Å². The number of likely N-dealkylation sites (tertiary alicyclic amines) is 1. The summed E-state index contributed by atoms with van der Waals surface area (Å²) in [4.78, 5) is 4.80. The molecular formula is C23H27FN4. The highest BCUT2D eigenvalue weighted by Crippen LogP contribution is 2.43. The van der Waals surface area contributed by atoms with Gasteiger partial charge in [0, 0.05) is 49.1 Å². The van der Waals surface area contributed by atoms with Crippen molar-refractivity contribution in [3.63, 3.8) is 0 Å². The van der Waals surface area contributed by atoms with Crippen molar-refractivity contribution in [1.29, 1.82) is 0 Å². The summed E-state index contributed by atoms with van der Waals surface area (Å²) < 4.78 is 16.6. The second kappa shape index (κ2) is 6.68. The van der Waals surface area contributed by atoms with Gasteiger partial charge in [0.2, 0.25) is 0 Å². The fourth-order valence-electron chi connectivity index (χ4n) is 5.35. The van der Waals surface area contributed by atoms with E-state index in [-0.39, 0.29) is 11.9 Å². The van der Waals surface area contributed by atoms with Crippen LogP contribution in [0.2, 0.25) is 0 Å². The summed E-state index contributed by atoms with van der Waals surface area (Å²) in [7, 11) is 6.32. The lowest BCUT2D eigenvalue weighted by Gasteiger charge is -2.26. The van der Waals surface area contributed by atoms with Crippen molar-refractivity contribution >= 4 is 10.9 Å².